The minimum Gasteiger partial charge on any atom is -0.469 e. The van der Waals surface area contributed by atoms with E-state index in [0.717, 1.165) is 10.0 Å². The molecule has 1 aromatic carbocycles. The third-order valence-electron chi connectivity index (χ3n) is 2.79. The van der Waals surface area contributed by atoms with Crippen LogP contribution in [0.1, 0.15) is 25.5 Å². The highest BCUT2D eigenvalue weighted by Crippen LogP contribution is 2.36. The first kappa shape index (κ1) is 17.7. The summed E-state index contributed by atoms with van der Waals surface area (Å²) in [5.74, 6) is -0.341. The van der Waals surface area contributed by atoms with Crippen LogP contribution in [0.4, 0.5) is 0 Å². The fourth-order valence-electron chi connectivity index (χ4n) is 1.53. The van der Waals surface area contributed by atoms with E-state index in [0.29, 0.717) is 5.02 Å². The lowest BCUT2D eigenvalue weighted by molar-refractivity contribution is -0.152. The number of methoxy groups -OCH3 is 1. The van der Waals surface area contributed by atoms with Crippen molar-refractivity contribution in [3.8, 4) is 0 Å². The summed E-state index contributed by atoms with van der Waals surface area (Å²) in [6, 6.07) is 4.84. The highest BCUT2D eigenvalue weighted by atomic mass is 79.9. The van der Waals surface area contributed by atoms with Crippen LogP contribution in [0.5, 0.6) is 0 Å². The Morgan fingerprint density at radius 3 is 2.50 bits per heavy atom. The van der Waals surface area contributed by atoms with E-state index in [9.17, 15) is 4.79 Å². The van der Waals surface area contributed by atoms with Crippen molar-refractivity contribution in [1.29, 1.82) is 0 Å². The van der Waals surface area contributed by atoms with E-state index < -0.39 is 11.5 Å². The van der Waals surface area contributed by atoms with Gasteiger partial charge in [-0.3, -0.25) is 4.79 Å². The van der Waals surface area contributed by atoms with Crippen LogP contribution in [0.3, 0.4) is 0 Å². The summed E-state index contributed by atoms with van der Waals surface area (Å²) >= 11 is 9.26. The van der Waals surface area contributed by atoms with Gasteiger partial charge in [-0.2, -0.15) is 0 Å². The molecule has 2 N–H and O–H groups in total. The van der Waals surface area contributed by atoms with Crippen LogP contribution in [-0.2, 0) is 9.53 Å². The normalized spacial score (nSPS) is 12.6. The van der Waals surface area contributed by atoms with Crippen molar-refractivity contribution in [2.45, 2.75) is 19.9 Å². The largest absolute Gasteiger partial charge is 0.469 e. The van der Waals surface area contributed by atoms with Gasteiger partial charge in [0, 0.05) is 15.5 Å². The number of hydrogen-bond acceptors (Lipinski definition) is 3. The van der Waals surface area contributed by atoms with Crippen LogP contribution in [0.2, 0.25) is 5.02 Å². The van der Waals surface area contributed by atoms with Crippen LogP contribution in [-0.4, -0.2) is 13.1 Å². The van der Waals surface area contributed by atoms with Crippen molar-refractivity contribution >= 4 is 45.9 Å². The van der Waals surface area contributed by atoms with Crippen molar-refractivity contribution < 1.29 is 9.53 Å². The summed E-state index contributed by atoms with van der Waals surface area (Å²) in [5, 5.41) is 0.615. The maximum Gasteiger partial charge on any atom is 0.313 e. The van der Waals surface area contributed by atoms with Gasteiger partial charge < -0.3 is 10.5 Å². The van der Waals surface area contributed by atoms with E-state index in [1.807, 2.05) is 6.07 Å². The van der Waals surface area contributed by atoms with Crippen molar-refractivity contribution in [1.82, 2.24) is 0 Å². The second-order valence-corrected chi connectivity index (χ2v) is 5.65. The van der Waals surface area contributed by atoms with Crippen LogP contribution in [0.25, 0.3) is 0 Å². The standard InChI is InChI=1S/C12H15BrClNO2.ClH/c1-12(2,11(16)17-3)10(15)8-5-4-7(14)6-9(8)13;/h4-6,10H,15H2,1-3H3;1H/t10-;/m0./s1. The predicted molar refractivity (Wildman–Crippen MR) is 79.1 cm³/mol. The van der Waals surface area contributed by atoms with Gasteiger partial charge in [0.15, 0.2) is 0 Å². The van der Waals surface area contributed by atoms with E-state index >= 15 is 0 Å². The molecule has 1 atom stereocenters. The molecule has 0 spiro atoms. The number of ether oxygens (including phenoxy) is 1. The van der Waals surface area contributed by atoms with E-state index in [1.165, 1.54) is 7.11 Å². The zero-order valence-electron chi connectivity index (χ0n) is 10.4. The highest BCUT2D eigenvalue weighted by molar-refractivity contribution is 9.10. The number of rotatable bonds is 3. The molecule has 0 saturated heterocycles. The molecule has 1 aromatic rings. The van der Waals surface area contributed by atoms with Gasteiger partial charge in [-0.25, -0.2) is 0 Å². The van der Waals surface area contributed by atoms with Crippen molar-refractivity contribution in [2.75, 3.05) is 7.11 Å². The second-order valence-electron chi connectivity index (χ2n) is 4.36. The lowest BCUT2D eigenvalue weighted by Gasteiger charge is -2.29. The number of nitrogens with two attached hydrogens (primary N) is 1. The smallest absolute Gasteiger partial charge is 0.313 e. The third kappa shape index (κ3) is 3.60. The number of hydrogen-bond donors (Lipinski definition) is 1. The molecule has 1 rings (SSSR count). The molecule has 0 aliphatic heterocycles. The molecule has 0 fully saturated rings. The Morgan fingerprint density at radius 2 is 2.06 bits per heavy atom. The van der Waals surface area contributed by atoms with Gasteiger partial charge in [-0.1, -0.05) is 33.6 Å². The van der Waals surface area contributed by atoms with Gasteiger partial charge in [0.05, 0.1) is 12.5 Å². The maximum atomic E-state index is 11.7. The minimum absolute atomic E-state index is 0. The first-order valence-electron chi connectivity index (χ1n) is 5.09. The van der Waals surface area contributed by atoms with Gasteiger partial charge in [0.25, 0.3) is 0 Å². The Labute approximate surface area is 127 Å². The molecule has 0 amide bonds. The lowest BCUT2D eigenvalue weighted by Crippen LogP contribution is -2.37. The zero-order valence-corrected chi connectivity index (χ0v) is 13.5. The molecule has 3 nitrogen and oxygen atoms in total. The van der Waals surface area contributed by atoms with Gasteiger partial charge in [-0.05, 0) is 31.5 Å². The molecule has 102 valence electrons. The Balaban J connectivity index is 0.00000289. The summed E-state index contributed by atoms with van der Waals surface area (Å²) in [4.78, 5) is 11.7. The van der Waals surface area contributed by atoms with Crippen LogP contribution in [0, 0.1) is 5.41 Å². The van der Waals surface area contributed by atoms with Crippen molar-refractivity contribution in [3.05, 3.63) is 33.3 Å². The Kier molecular flexibility index (Phi) is 6.65. The Hall–Kier alpha value is -0.290. The van der Waals surface area contributed by atoms with Crippen LogP contribution in [0.15, 0.2) is 22.7 Å². The molecule has 0 aliphatic carbocycles. The first-order chi connectivity index (χ1) is 7.80. The number of esters is 1. The summed E-state index contributed by atoms with van der Waals surface area (Å²) in [5.41, 5.74) is 6.15. The summed E-state index contributed by atoms with van der Waals surface area (Å²) in [6.07, 6.45) is 0. The molecule has 6 heteroatoms. The SMILES string of the molecule is COC(=O)C(C)(C)[C@@H](N)c1ccc(Cl)cc1Br.Cl. The minimum atomic E-state index is -0.800. The molecule has 0 aromatic heterocycles. The lowest BCUT2D eigenvalue weighted by atomic mass is 9.81. The average molecular weight is 357 g/mol. The van der Waals surface area contributed by atoms with E-state index in [2.05, 4.69) is 15.9 Å². The molecule has 0 heterocycles. The van der Waals surface area contributed by atoms with Crippen molar-refractivity contribution in [2.24, 2.45) is 11.1 Å². The number of carbonyl (C=O) groups is 1. The molecule has 0 aliphatic rings. The quantitative estimate of drug-likeness (QED) is 0.839. The number of carbonyl (C=O) groups excluding carboxylic acids is 1. The topological polar surface area (TPSA) is 52.3 Å². The highest BCUT2D eigenvalue weighted by Gasteiger charge is 2.37. The molecule has 0 radical (unpaired) electrons. The Morgan fingerprint density at radius 1 is 1.50 bits per heavy atom. The second kappa shape index (κ2) is 6.75. The zero-order chi connectivity index (χ0) is 13.2. The first-order valence-corrected chi connectivity index (χ1v) is 6.26. The van der Waals surface area contributed by atoms with Crippen molar-refractivity contribution in [3.63, 3.8) is 0 Å². The fraction of sp³-hybridized carbons (Fsp3) is 0.417. The predicted octanol–water partition coefficient (Wildman–Crippen LogP) is 3.72. The van der Waals surface area contributed by atoms with Gasteiger partial charge in [0.2, 0.25) is 0 Å². The van der Waals surface area contributed by atoms with Gasteiger partial charge in [-0.15, -0.1) is 12.4 Å². The van der Waals surface area contributed by atoms with E-state index in [4.69, 9.17) is 22.1 Å². The molecular weight excluding hydrogens is 341 g/mol. The van der Waals surface area contributed by atoms with Gasteiger partial charge in [0.1, 0.15) is 0 Å². The Bertz CT molecular complexity index is 438. The maximum absolute atomic E-state index is 11.7. The number of halogens is 3. The summed E-state index contributed by atoms with van der Waals surface area (Å²) in [7, 11) is 1.35. The van der Waals surface area contributed by atoms with E-state index in [1.54, 1.807) is 26.0 Å². The summed E-state index contributed by atoms with van der Waals surface area (Å²) < 4.78 is 5.55. The van der Waals surface area contributed by atoms with E-state index in [-0.39, 0.29) is 18.4 Å². The third-order valence-corrected chi connectivity index (χ3v) is 3.71. The number of benzene rings is 1. The molecular formula is C12H16BrCl2NO2. The molecule has 0 saturated carbocycles. The van der Waals surface area contributed by atoms with Crippen LogP contribution >= 0.6 is 39.9 Å². The monoisotopic (exact) mass is 355 g/mol. The molecule has 0 bridgehead atoms. The summed E-state index contributed by atoms with van der Waals surface area (Å²) in [6.45, 7) is 3.51. The van der Waals surface area contributed by atoms with Gasteiger partial charge >= 0.3 is 5.97 Å². The molecule has 18 heavy (non-hydrogen) atoms. The fourth-order valence-corrected chi connectivity index (χ4v) is 2.46. The van der Waals surface area contributed by atoms with Crippen LogP contribution < -0.4 is 5.73 Å². The molecule has 0 unspecified atom stereocenters. The average Bonchev–Trinajstić information content (AvgIpc) is 2.27.